The lowest BCUT2D eigenvalue weighted by atomic mass is 10.1. The summed E-state index contributed by atoms with van der Waals surface area (Å²) in [5.74, 6) is 1.82. The van der Waals surface area contributed by atoms with Gasteiger partial charge in [-0.1, -0.05) is 6.92 Å². The number of ether oxygens (including phenoxy) is 2. The van der Waals surface area contributed by atoms with Gasteiger partial charge >= 0.3 is 0 Å². The second-order valence-electron chi connectivity index (χ2n) is 5.90. The van der Waals surface area contributed by atoms with Crippen LogP contribution in [0.4, 0.5) is 0 Å². The third-order valence-corrected chi connectivity index (χ3v) is 3.61. The molecule has 1 N–H and O–H groups in total. The van der Waals surface area contributed by atoms with Crippen LogP contribution in [0.5, 0.6) is 11.5 Å². The molecular weight excluding hydrogens is 300 g/mol. The maximum atomic E-state index is 5.82. The van der Waals surface area contributed by atoms with Gasteiger partial charge in [0, 0.05) is 31.7 Å². The summed E-state index contributed by atoms with van der Waals surface area (Å²) >= 11 is 0. The Balaban J connectivity index is 0.00000242. The van der Waals surface area contributed by atoms with E-state index in [2.05, 4.69) is 31.0 Å². The Morgan fingerprint density at radius 1 is 1.00 bits per heavy atom. The van der Waals surface area contributed by atoms with Gasteiger partial charge in [0.05, 0.1) is 6.61 Å². The minimum atomic E-state index is 0. The molecule has 0 bridgehead atoms. The monoisotopic (exact) mass is 328 g/mol. The zero-order valence-electron chi connectivity index (χ0n) is 13.9. The van der Waals surface area contributed by atoms with Gasteiger partial charge in [-0.05, 0) is 44.5 Å². The molecule has 1 aliphatic heterocycles. The van der Waals surface area contributed by atoms with E-state index in [0.717, 1.165) is 50.8 Å². The number of rotatable bonds is 7. The lowest BCUT2D eigenvalue weighted by Gasteiger charge is -2.35. The first-order chi connectivity index (χ1) is 10.2. The van der Waals surface area contributed by atoms with Crippen LogP contribution in [0.2, 0.25) is 0 Å². The summed E-state index contributed by atoms with van der Waals surface area (Å²) in [7, 11) is 0. The van der Waals surface area contributed by atoms with Crippen LogP contribution >= 0.6 is 12.4 Å². The summed E-state index contributed by atoms with van der Waals surface area (Å²) in [6.45, 7) is 11.2. The number of halogens is 1. The van der Waals surface area contributed by atoms with E-state index in [-0.39, 0.29) is 12.4 Å². The van der Waals surface area contributed by atoms with Crippen molar-refractivity contribution in [2.75, 3.05) is 32.8 Å². The van der Waals surface area contributed by atoms with Crippen molar-refractivity contribution in [3.63, 3.8) is 0 Å². The average molecular weight is 329 g/mol. The predicted octanol–water partition coefficient (Wildman–Crippen LogP) is 2.96. The van der Waals surface area contributed by atoms with Gasteiger partial charge in [0.2, 0.25) is 0 Å². The summed E-state index contributed by atoms with van der Waals surface area (Å²) in [5, 5.41) is 3.54. The van der Waals surface area contributed by atoms with Crippen LogP contribution in [0.25, 0.3) is 0 Å². The maximum Gasteiger partial charge on any atom is 0.119 e. The summed E-state index contributed by atoms with van der Waals surface area (Å²) in [6, 6.07) is 9.02. The fraction of sp³-hybridized carbons (Fsp3) is 0.647. The van der Waals surface area contributed by atoms with Crippen molar-refractivity contribution in [1.82, 2.24) is 10.2 Å². The van der Waals surface area contributed by atoms with Gasteiger partial charge in [0.25, 0.3) is 0 Å². The molecule has 1 saturated heterocycles. The molecule has 1 aromatic rings. The largest absolute Gasteiger partial charge is 0.494 e. The van der Waals surface area contributed by atoms with Crippen molar-refractivity contribution in [2.24, 2.45) is 0 Å². The Kier molecular flexibility index (Phi) is 8.61. The molecular formula is C17H29ClN2O2. The van der Waals surface area contributed by atoms with E-state index in [9.17, 15) is 0 Å². The Hall–Kier alpha value is -0.970. The van der Waals surface area contributed by atoms with Crippen LogP contribution in [0.1, 0.15) is 27.2 Å². The van der Waals surface area contributed by atoms with Crippen LogP contribution in [0, 0.1) is 0 Å². The van der Waals surface area contributed by atoms with E-state index in [4.69, 9.17) is 9.47 Å². The van der Waals surface area contributed by atoms with Crippen molar-refractivity contribution in [3.05, 3.63) is 24.3 Å². The number of piperazine rings is 1. The molecule has 0 aliphatic carbocycles. The molecule has 2 atom stereocenters. The second-order valence-corrected chi connectivity index (χ2v) is 5.90. The smallest absolute Gasteiger partial charge is 0.119 e. The van der Waals surface area contributed by atoms with Gasteiger partial charge in [-0.25, -0.2) is 0 Å². The summed E-state index contributed by atoms with van der Waals surface area (Å²) in [4.78, 5) is 2.46. The third kappa shape index (κ3) is 6.42. The number of hydrogen-bond donors (Lipinski definition) is 1. The molecule has 0 radical (unpaired) electrons. The molecule has 4 nitrogen and oxygen atoms in total. The number of nitrogens with zero attached hydrogens (tertiary/aromatic N) is 1. The summed E-state index contributed by atoms with van der Waals surface area (Å²) < 4.78 is 11.4. The van der Waals surface area contributed by atoms with Crippen LogP contribution in [0.15, 0.2) is 24.3 Å². The molecule has 5 heteroatoms. The van der Waals surface area contributed by atoms with Gasteiger partial charge in [-0.2, -0.15) is 0 Å². The van der Waals surface area contributed by atoms with Crippen LogP contribution in [-0.2, 0) is 0 Å². The molecule has 1 fully saturated rings. The molecule has 0 spiro atoms. The van der Waals surface area contributed by atoms with Crippen molar-refractivity contribution in [2.45, 2.75) is 39.3 Å². The molecule has 1 aliphatic rings. The molecule has 126 valence electrons. The fourth-order valence-corrected chi connectivity index (χ4v) is 2.77. The normalized spacial score (nSPS) is 22.0. The van der Waals surface area contributed by atoms with Gasteiger partial charge < -0.3 is 14.8 Å². The molecule has 0 saturated carbocycles. The number of nitrogens with one attached hydrogen (secondary N) is 1. The predicted molar refractivity (Wildman–Crippen MR) is 93.5 cm³/mol. The highest BCUT2D eigenvalue weighted by Crippen LogP contribution is 2.17. The van der Waals surface area contributed by atoms with E-state index < -0.39 is 0 Å². The summed E-state index contributed by atoms with van der Waals surface area (Å²) in [6.07, 6.45) is 1.03. The Bertz CT molecular complexity index is 404. The number of hydrogen-bond acceptors (Lipinski definition) is 4. The highest BCUT2D eigenvalue weighted by Gasteiger charge is 2.20. The Morgan fingerprint density at radius 2 is 1.50 bits per heavy atom. The zero-order chi connectivity index (χ0) is 15.1. The minimum absolute atomic E-state index is 0. The zero-order valence-corrected chi connectivity index (χ0v) is 14.7. The number of benzene rings is 1. The van der Waals surface area contributed by atoms with E-state index in [0.29, 0.717) is 12.1 Å². The van der Waals surface area contributed by atoms with E-state index in [1.807, 2.05) is 24.3 Å². The molecule has 0 aromatic heterocycles. The van der Waals surface area contributed by atoms with E-state index >= 15 is 0 Å². The first-order valence-corrected chi connectivity index (χ1v) is 8.01. The molecule has 0 amide bonds. The van der Waals surface area contributed by atoms with Crippen molar-refractivity contribution in [3.8, 4) is 11.5 Å². The molecule has 2 unspecified atom stereocenters. The topological polar surface area (TPSA) is 33.7 Å². The lowest BCUT2D eigenvalue weighted by molar-refractivity contribution is 0.146. The van der Waals surface area contributed by atoms with Crippen molar-refractivity contribution in [1.29, 1.82) is 0 Å². The van der Waals surface area contributed by atoms with E-state index in [1.165, 1.54) is 0 Å². The SMILES string of the molecule is CCCOc1ccc(OCCN2CC(C)NC(C)C2)cc1.Cl. The Morgan fingerprint density at radius 3 is 2.00 bits per heavy atom. The molecule has 1 aromatic carbocycles. The minimum Gasteiger partial charge on any atom is -0.494 e. The second kappa shape index (κ2) is 9.93. The van der Waals surface area contributed by atoms with E-state index in [1.54, 1.807) is 0 Å². The molecule has 2 rings (SSSR count). The first kappa shape index (κ1) is 19.1. The van der Waals surface area contributed by atoms with Gasteiger partial charge in [-0.15, -0.1) is 12.4 Å². The lowest BCUT2D eigenvalue weighted by Crippen LogP contribution is -2.54. The average Bonchev–Trinajstić information content (AvgIpc) is 2.45. The molecule has 22 heavy (non-hydrogen) atoms. The third-order valence-electron chi connectivity index (χ3n) is 3.61. The summed E-state index contributed by atoms with van der Waals surface area (Å²) in [5.41, 5.74) is 0. The van der Waals surface area contributed by atoms with Crippen molar-refractivity contribution >= 4 is 12.4 Å². The van der Waals surface area contributed by atoms with Crippen LogP contribution in [-0.4, -0.2) is 49.8 Å². The van der Waals surface area contributed by atoms with Gasteiger partial charge in [0.1, 0.15) is 18.1 Å². The Labute approximate surface area is 140 Å². The maximum absolute atomic E-state index is 5.82. The standard InChI is InChI=1S/C17H28N2O2.ClH/c1-4-10-20-16-5-7-17(8-6-16)21-11-9-19-12-14(2)18-15(3)13-19;/h5-8,14-15,18H,4,9-13H2,1-3H3;1H. The van der Waals surface area contributed by atoms with Crippen molar-refractivity contribution < 1.29 is 9.47 Å². The van der Waals surface area contributed by atoms with Gasteiger partial charge in [0.15, 0.2) is 0 Å². The molecule has 1 heterocycles. The van der Waals surface area contributed by atoms with Crippen LogP contribution < -0.4 is 14.8 Å². The highest BCUT2D eigenvalue weighted by atomic mass is 35.5. The first-order valence-electron chi connectivity index (χ1n) is 8.01. The van der Waals surface area contributed by atoms with Crippen LogP contribution in [0.3, 0.4) is 0 Å². The van der Waals surface area contributed by atoms with Gasteiger partial charge in [-0.3, -0.25) is 4.90 Å². The highest BCUT2D eigenvalue weighted by molar-refractivity contribution is 5.85. The fourth-order valence-electron chi connectivity index (χ4n) is 2.77. The quantitative estimate of drug-likeness (QED) is 0.834.